The molecular weight excluding hydrogens is 286 g/mol. The van der Waals surface area contributed by atoms with Gasteiger partial charge in [0.15, 0.2) is 0 Å². The predicted octanol–water partition coefficient (Wildman–Crippen LogP) is 4.30. The number of carbonyl (C=O) groups excluding carboxylic acids is 1. The Morgan fingerprint density at radius 3 is 2.57 bits per heavy atom. The maximum atomic E-state index is 11.8. The van der Waals surface area contributed by atoms with E-state index in [0.29, 0.717) is 22.8 Å². The number of halogens is 1. The van der Waals surface area contributed by atoms with Gasteiger partial charge in [-0.05, 0) is 35.7 Å². The van der Waals surface area contributed by atoms with Crippen LogP contribution >= 0.6 is 11.6 Å². The first kappa shape index (κ1) is 15.4. The minimum Gasteiger partial charge on any atom is -0.465 e. The predicted molar refractivity (Wildman–Crippen MR) is 85.9 cm³/mol. The van der Waals surface area contributed by atoms with Crippen LogP contribution in [0.2, 0.25) is 5.02 Å². The number of hydrogen-bond acceptors (Lipinski definition) is 3. The van der Waals surface area contributed by atoms with E-state index in [1.165, 1.54) is 18.2 Å². The highest BCUT2D eigenvalue weighted by molar-refractivity contribution is 6.31. The van der Waals surface area contributed by atoms with Crippen LogP contribution in [0.4, 0.5) is 5.69 Å². The van der Waals surface area contributed by atoms with E-state index in [1.54, 1.807) is 18.2 Å². The molecule has 0 heterocycles. The Balaban J connectivity index is 2.23. The van der Waals surface area contributed by atoms with E-state index in [9.17, 15) is 4.79 Å². The Kier molecular flexibility index (Phi) is 5.23. The van der Waals surface area contributed by atoms with Gasteiger partial charge in [0.25, 0.3) is 0 Å². The summed E-state index contributed by atoms with van der Waals surface area (Å²) in [6.07, 6.45) is 0.970. The van der Waals surface area contributed by atoms with Crippen LogP contribution < -0.4 is 5.32 Å². The molecule has 3 nitrogen and oxygen atoms in total. The van der Waals surface area contributed by atoms with Crippen molar-refractivity contribution in [3.8, 4) is 0 Å². The van der Waals surface area contributed by atoms with Gasteiger partial charge in [0, 0.05) is 11.6 Å². The maximum absolute atomic E-state index is 11.8. The first-order valence-electron chi connectivity index (χ1n) is 6.84. The Bertz CT molecular complexity index is 640. The summed E-state index contributed by atoms with van der Waals surface area (Å²) in [4.78, 5) is 11.8. The van der Waals surface area contributed by atoms with Crippen molar-refractivity contribution in [3.05, 3.63) is 64.2 Å². The third-order valence-electron chi connectivity index (χ3n) is 3.36. The van der Waals surface area contributed by atoms with Gasteiger partial charge in [-0.25, -0.2) is 4.79 Å². The number of anilines is 1. The van der Waals surface area contributed by atoms with Gasteiger partial charge in [-0.2, -0.15) is 0 Å². The van der Waals surface area contributed by atoms with Gasteiger partial charge in [0.2, 0.25) is 0 Å². The van der Waals surface area contributed by atoms with E-state index in [1.807, 2.05) is 12.1 Å². The fourth-order valence-electron chi connectivity index (χ4n) is 2.22. The summed E-state index contributed by atoms with van der Waals surface area (Å²) in [5.41, 5.74) is 3.65. The zero-order valence-corrected chi connectivity index (χ0v) is 12.9. The number of carbonyl (C=O) groups is 1. The molecule has 2 aromatic rings. The average Bonchev–Trinajstić information content (AvgIpc) is 2.52. The van der Waals surface area contributed by atoms with Crippen molar-refractivity contribution in [1.29, 1.82) is 0 Å². The van der Waals surface area contributed by atoms with Gasteiger partial charge in [-0.3, -0.25) is 0 Å². The van der Waals surface area contributed by atoms with Crippen molar-refractivity contribution >= 4 is 23.3 Å². The van der Waals surface area contributed by atoms with Crippen LogP contribution in [0.1, 0.15) is 28.4 Å². The van der Waals surface area contributed by atoms with Gasteiger partial charge in [0.1, 0.15) is 0 Å². The van der Waals surface area contributed by atoms with Gasteiger partial charge in [-0.1, -0.05) is 42.8 Å². The topological polar surface area (TPSA) is 38.3 Å². The molecule has 0 radical (unpaired) electrons. The minimum atomic E-state index is -0.377. The molecule has 0 aliphatic rings. The zero-order valence-electron chi connectivity index (χ0n) is 12.2. The second-order valence-corrected chi connectivity index (χ2v) is 5.09. The molecule has 0 saturated carbocycles. The molecule has 0 fully saturated rings. The standard InChI is InChI=1S/C17H18ClNO2/c1-3-12-6-4-5-7-13(12)11-19-16-10-14(18)8-9-15(16)17(20)21-2/h4-10,19H,3,11H2,1-2H3. The third kappa shape index (κ3) is 3.76. The smallest absolute Gasteiger partial charge is 0.339 e. The molecule has 0 bridgehead atoms. The summed E-state index contributed by atoms with van der Waals surface area (Å²) in [7, 11) is 1.37. The molecule has 0 aliphatic carbocycles. The molecule has 2 aromatic carbocycles. The highest BCUT2D eigenvalue weighted by Gasteiger charge is 2.12. The molecule has 110 valence electrons. The molecule has 0 spiro atoms. The lowest BCUT2D eigenvalue weighted by Crippen LogP contribution is -2.09. The zero-order chi connectivity index (χ0) is 15.2. The Labute approximate surface area is 129 Å². The highest BCUT2D eigenvalue weighted by atomic mass is 35.5. The van der Waals surface area contributed by atoms with Crippen molar-refractivity contribution in [1.82, 2.24) is 0 Å². The number of nitrogens with one attached hydrogen (secondary N) is 1. The molecule has 0 aromatic heterocycles. The summed E-state index contributed by atoms with van der Waals surface area (Å²) in [5, 5.41) is 3.85. The average molecular weight is 304 g/mol. The SMILES string of the molecule is CCc1ccccc1CNc1cc(Cl)ccc1C(=O)OC. The summed E-state index contributed by atoms with van der Waals surface area (Å²) in [6, 6.07) is 13.3. The van der Waals surface area contributed by atoms with Gasteiger partial charge in [-0.15, -0.1) is 0 Å². The van der Waals surface area contributed by atoms with Gasteiger partial charge >= 0.3 is 5.97 Å². The number of esters is 1. The van der Waals surface area contributed by atoms with E-state index in [4.69, 9.17) is 16.3 Å². The number of ether oxygens (including phenoxy) is 1. The largest absolute Gasteiger partial charge is 0.465 e. The van der Waals surface area contributed by atoms with E-state index in [-0.39, 0.29) is 5.97 Å². The summed E-state index contributed by atoms with van der Waals surface area (Å²) < 4.78 is 4.79. The van der Waals surface area contributed by atoms with Crippen molar-refractivity contribution in [2.45, 2.75) is 19.9 Å². The fourth-order valence-corrected chi connectivity index (χ4v) is 2.39. The van der Waals surface area contributed by atoms with Crippen LogP contribution in [0.15, 0.2) is 42.5 Å². The van der Waals surface area contributed by atoms with Gasteiger partial charge in [0.05, 0.1) is 18.4 Å². The number of benzene rings is 2. The van der Waals surface area contributed by atoms with E-state index >= 15 is 0 Å². The molecule has 2 rings (SSSR count). The van der Waals surface area contributed by atoms with E-state index in [2.05, 4.69) is 24.4 Å². The molecule has 1 N–H and O–H groups in total. The monoisotopic (exact) mass is 303 g/mol. The van der Waals surface area contributed by atoms with Crippen molar-refractivity contribution in [2.24, 2.45) is 0 Å². The highest BCUT2D eigenvalue weighted by Crippen LogP contribution is 2.23. The number of aryl methyl sites for hydroxylation is 1. The minimum absolute atomic E-state index is 0.377. The molecule has 0 saturated heterocycles. The van der Waals surface area contributed by atoms with E-state index < -0.39 is 0 Å². The van der Waals surface area contributed by atoms with Gasteiger partial charge < -0.3 is 10.1 Å². The van der Waals surface area contributed by atoms with Crippen LogP contribution in [-0.2, 0) is 17.7 Å². The first-order valence-corrected chi connectivity index (χ1v) is 7.22. The molecule has 0 unspecified atom stereocenters. The Hall–Kier alpha value is -2.00. The Morgan fingerprint density at radius 2 is 1.90 bits per heavy atom. The van der Waals surface area contributed by atoms with E-state index in [0.717, 1.165) is 6.42 Å². The summed E-state index contributed by atoms with van der Waals surface area (Å²) in [6.45, 7) is 2.76. The lowest BCUT2D eigenvalue weighted by Gasteiger charge is -2.13. The summed E-state index contributed by atoms with van der Waals surface area (Å²) in [5.74, 6) is -0.377. The molecule has 0 amide bonds. The number of hydrogen-bond donors (Lipinski definition) is 1. The molecule has 4 heteroatoms. The van der Waals surface area contributed by atoms with Crippen LogP contribution in [0.5, 0.6) is 0 Å². The fraction of sp³-hybridized carbons (Fsp3) is 0.235. The summed E-state index contributed by atoms with van der Waals surface area (Å²) >= 11 is 6.01. The second-order valence-electron chi connectivity index (χ2n) is 4.66. The normalized spacial score (nSPS) is 10.2. The third-order valence-corrected chi connectivity index (χ3v) is 3.59. The molecular formula is C17H18ClNO2. The lowest BCUT2D eigenvalue weighted by molar-refractivity contribution is 0.0602. The molecule has 0 atom stereocenters. The van der Waals surface area contributed by atoms with Crippen LogP contribution in [0.3, 0.4) is 0 Å². The van der Waals surface area contributed by atoms with Crippen LogP contribution in [-0.4, -0.2) is 13.1 Å². The van der Waals surface area contributed by atoms with Crippen LogP contribution in [0.25, 0.3) is 0 Å². The first-order chi connectivity index (χ1) is 10.2. The molecule has 21 heavy (non-hydrogen) atoms. The Morgan fingerprint density at radius 1 is 1.19 bits per heavy atom. The van der Waals surface area contributed by atoms with Crippen molar-refractivity contribution in [3.63, 3.8) is 0 Å². The van der Waals surface area contributed by atoms with Crippen molar-refractivity contribution < 1.29 is 9.53 Å². The maximum Gasteiger partial charge on any atom is 0.339 e. The molecule has 0 aliphatic heterocycles. The number of methoxy groups -OCH3 is 1. The van der Waals surface area contributed by atoms with Crippen molar-refractivity contribution in [2.75, 3.05) is 12.4 Å². The number of rotatable bonds is 5. The quantitative estimate of drug-likeness (QED) is 0.837. The van der Waals surface area contributed by atoms with Crippen LogP contribution in [0, 0.1) is 0 Å². The second kappa shape index (κ2) is 7.14. The lowest BCUT2D eigenvalue weighted by atomic mass is 10.1.